The van der Waals surface area contributed by atoms with Gasteiger partial charge in [0, 0.05) is 25.3 Å². The molecular formula is C20H21N5O. The van der Waals surface area contributed by atoms with Crippen LogP contribution in [0.3, 0.4) is 0 Å². The van der Waals surface area contributed by atoms with Gasteiger partial charge < -0.3 is 10.2 Å². The molecule has 132 valence electrons. The fraction of sp³-hybridized carbons (Fsp3) is 0.350. The first kappa shape index (κ1) is 15.5. The largest absolute Gasteiger partial charge is 0.324 e. The van der Waals surface area contributed by atoms with Gasteiger partial charge in [-0.25, -0.2) is 4.98 Å². The number of nitrogens with zero attached hydrogens (tertiary/aromatic N) is 4. The van der Waals surface area contributed by atoms with Crippen molar-refractivity contribution in [3.8, 4) is 0 Å². The van der Waals surface area contributed by atoms with E-state index in [0.29, 0.717) is 16.7 Å². The molecule has 3 aromatic rings. The highest BCUT2D eigenvalue weighted by Gasteiger charge is 2.52. The number of pyridine rings is 1. The Balaban J connectivity index is 1.57. The normalized spacial score (nSPS) is 19.3. The zero-order valence-electron chi connectivity index (χ0n) is 14.7. The van der Waals surface area contributed by atoms with Crippen molar-refractivity contribution in [1.29, 1.82) is 0 Å². The standard InChI is InChI=1S/C20H21N5O/c1-24-12-20(13-24)9-15(10-20)25-18(26)16-6-2-3-7-17(16)23-19(25)22-14-5-4-8-21-11-14/h2-8,11,15H,9-10,12-13H2,1H3,(H,22,23). The first-order valence-electron chi connectivity index (χ1n) is 9.00. The summed E-state index contributed by atoms with van der Waals surface area (Å²) in [6, 6.07) is 11.6. The van der Waals surface area contributed by atoms with E-state index < -0.39 is 0 Å². The smallest absolute Gasteiger partial charge is 0.263 e. The summed E-state index contributed by atoms with van der Waals surface area (Å²) >= 11 is 0. The lowest BCUT2D eigenvalue weighted by Gasteiger charge is -2.58. The lowest BCUT2D eigenvalue weighted by molar-refractivity contribution is -0.0760. The van der Waals surface area contributed by atoms with E-state index in [2.05, 4.69) is 22.2 Å². The van der Waals surface area contributed by atoms with Crippen molar-refractivity contribution in [2.45, 2.75) is 18.9 Å². The van der Waals surface area contributed by atoms with Crippen LogP contribution in [0.25, 0.3) is 10.9 Å². The van der Waals surface area contributed by atoms with Crippen LogP contribution < -0.4 is 10.9 Å². The topological polar surface area (TPSA) is 63.1 Å². The number of aromatic nitrogens is 3. The minimum atomic E-state index is 0.0366. The summed E-state index contributed by atoms with van der Waals surface area (Å²) in [5.41, 5.74) is 1.99. The molecule has 2 aliphatic rings. The summed E-state index contributed by atoms with van der Waals surface area (Å²) in [4.78, 5) is 24.5. The highest BCUT2D eigenvalue weighted by Crippen LogP contribution is 2.53. The molecule has 1 aliphatic carbocycles. The number of anilines is 2. The van der Waals surface area contributed by atoms with Gasteiger partial charge in [-0.1, -0.05) is 12.1 Å². The second-order valence-electron chi connectivity index (χ2n) is 7.73. The van der Waals surface area contributed by atoms with Crippen LogP contribution in [0.1, 0.15) is 18.9 Å². The Morgan fingerprint density at radius 2 is 1.96 bits per heavy atom. The molecule has 1 spiro atoms. The molecule has 1 aromatic carbocycles. The molecule has 1 saturated heterocycles. The highest BCUT2D eigenvalue weighted by molar-refractivity contribution is 5.79. The highest BCUT2D eigenvalue weighted by atomic mass is 16.1. The summed E-state index contributed by atoms with van der Waals surface area (Å²) in [5, 5.41) is 3.98. The summed E-state index contributed by atoms with van der Waals surface area (Å²) in [5.74, 6) is 0.606. The SMILES string of the molecule is CN1CC2(CC(n3c(Nc4cccnc4)nc4ccccc4c3=O)C2)C1. The van der Waals surface area contributed by atoms with Gasteiger partial charge in [0.25, 0.3) is 5.56 Å². The molecule has 0 bridgehead atoms. The molecule has 2 aromatic heterocycles. The molecule has 6 heteroatoms. The molecule has 1 aliphatic heterocycles. The molecule has 0 amide bonds. The number of rotatable bonds is 3. The molecule has 2 fully saturated rings. The molecule has 1 N–H and O–H groups in total. The fourth-order valence-corrected chi connectivity index (χ4v) is 4.62. The average Bonchev–Trinajstić information content (AvgIpc) is 2.59. The summed E-state index contributed by atoms with van der Waals surface area (Å²) in [7, 11) is 2.15. The lowest BCUT2D eigenvalue weighted by atomic mass is 9.61. The molecule has 0 atom stereocenters. The number of likely N-dealkylation sites (tertiary alicyclic amines) is 1. The number of para-hydroxylation sites is 1. The van der Waals surface area contributed by atoms with Crippen LogP contribution in [0.15, 0.2) is 53.6 Å². The van der Waals surface area contributed by atoms with Crippen molar-refractivity contribution < 1.29 is 0 Å². The molecule has 5 rings (SSSR count). The molecular weight excluding hydrogens is 326 g/mol. The van der Waals surface area contributed by atoms with E-state index in [0.717, 1.165) is 37.1 Å². The maximum Gasteiger partial charge on any atom is 0.263 e. The summed E-state index contributed by atoms with van der Waals surface area (Å²) in [6.45, 7) is 2.26. The minimum absolute atomic E-state index is 0.0366. The van der Waals surface area contributed by atoms with E-state index >= 15 is 0 Å². The van der Waals surface area contributed by atoms with Crippen LogP contribution in [-0.2, 0) is 0 Å². The number of hydrogen-bond donors (Lipinski definition) is 1. The Bertz CT molecular complexity index is 1020. The Kier molecular flexibility index (Phi) is 3.37. The van der Waals surface area contributed by atoms with Gasteiger partial charge in [-0.2, -0.15) is 0 Å². The lowest BCUT2D eigenvalue weighted by Crippen LogP contribution is -2.61. The van der Waals surface area contributed by atoms with E-state index in [-0.39, 0.29) is 11.6 Å². The molecule has 1 saturated carbocycles. The zero-order valence-corrected chi connectivity index (χ0v) is 14.7. The van der Waals surface area contributed by atoms with Crippen molar-refractivity contribution in [2.75, 3.05) is 25.5 Å². The third-order valence-electron chi connectivity index (χ3n) is 5.64. The van der Waals surface area contributed by atoms with Gasteiger partial charge in [0.05, 0.1) is 22.8 Å². The van der Waals surface area contributed by atoms with Crippen LogP contribution in [-0.4, -0.2) is 39.6 Å². The summed E-state index contributed by atoms with van der Waals surface area (Å²) < 4.78 is 1.86. The maximum atomic E-state index is 13.2. The summed E-state index contributed by atoms with van der Waals surface area (Å²) in [6.07, 6.45) is 5.56. The first-order chi connectivity index (χ1) is 12.6. The second kappa shape index (κ2) is 5.64. The van der Waals surface area contributed by atoms with E-state index in [1.807, 2.05) is 41.0 Å². The Hall–Kier alpha value is -2.73. The average molecular weight is 347 g/mol. The monoisotopic (exact) mass is 347 g/mol. The number of fused-ring (bicyclic) bond motifs is 1. The van der Waals surface area contributed by atoms with Gasteiger partial charge in [-0.15, -0.1) is 0 Å². The molecule has 0 radical (unpaired) electrons. The zero-order chi connectivity index (χ0) is 17.7. The van der Waals surface area contributed by atoms with Crippen LogP contribution in [0.4, 0.5) is 11.6 Å². The van der Waals surface area contributed by atoms with Crippen LogP contribution in [0, 0.1) is 5.41 Å². The van der Waals surface area contributed by atoms with Gasteiger partial charge in [-0.3, -0.25) is 14.3 Å². The van der Waals surface area contributed by atoms with Crippen LogP contribution >= 0.6 is 0 Å². The number of benzene rings is 1. The van der Waals surface area contributed by atoms with Gasteiger partial charge in [0.2, 0.25) is 5.95 Å². The van der Waals surface area contributed by atoms with E-state index in [1.54, 1.807) is 12.4 Å². The fourth-order valence-electron chi connectivity index (χ4n) is 4.62. The number of hydrogen-bond acceptors (Lipinski definition) is 5. The number of nitrogens with one attached hydrogen (secondary N) is 1. The third kappa shape index (κ3) is 2.41. The van der Waals surface area contributed by atoms with E-state index in [1.165, 1.54) is 0 Å². The molecule has 0 unspecified atom stereocenters. The Morgan fingerprint density at radius 1 is 1.15 bits per heavy atom. The van der Waals surface area contributed by atoms with Gasteiger partial charge in [0.15, 0.2) is 0 Å². The first-order valence-corrected chi connectivity index (χ1v) is 9.00. The Morgan fingerprint density at radius 3 is 2.69 bits per heavy atom. The van der Waals surface area contributed by atoms with E-state index in [9.17, 15) is 4.79 Å². The Labute approximate surface area is 151 Å². The predicted molar refractivity (Wildman–Crippen MR) is 102 cm³/mol. The third-order valence-corrected chi connectivity index (χ3v) is 5.64. The van der Waals surface area contributed by atoms with Gasteiger partial charge in [0.1, 0.15) is 0 Å². The minimum Gasteiger partial charge on any atom is -0.324 e. The van der Waals surface area contributed by atoms with E-state index in [4.69, 9.17) is 4.98 Å². The molecule has 26 heavy (non-hydrogen) atoms. The van der Waals surface area contributed by atoms with Crippen molar-refractivity contribution in [3.05, 3.63) is 59.1 Å². The van der Waals surface area contributed by atoms with Crippen molar-refractivity contribution in [1.82, 2.24) is 19.4 Å². The maximum absolute atomic E-state index is 13.2. The van der Waals surface area contributed by atoms with Gasteiger partial charge in [-0.05, 0) is 49.6 Å². The molecule has 3 heterocycles. The van der Waals surface area contributed by atoms with Gasteiger partial charge >= 0.3 is 0 Å². The van der Waals surface area contributed by atoms with Crippen LogP contribution in [0.2, 0.25) is 0 Å². The second-order valence-corrected chi connectivity index (χ2v) is 7.73. The van der Waals surface area contributed by atoms with Crippen molar-refractivity contribution >= 4 is 22.5 Å². The van der Waals surface area contributed by atoms with Crippen molar-refractivity contribution in [2.24, 2.45) is 5.41 Å². The van der Waals surface area contributed by atoms with Crippen LogP contribution in [0.5, 0.6) is 0 Å². The van der Waals surface area contributed by atoms with Crippen molar-refractivity contribution in [3.63, 3.8) is 0 Å². The molecule has 6 nitrogen and oxygen atoms in total. The predicted octanol–water partition coefficient (Wildman–Crippen LogP) is 2.80. The quantitative estimate of drug-likeness (QED) is 0.789.